The molecule has 0 saturated carbocycles. The van der Waals surface area contributed by atoms with Gasteiger partial charge in [-0.05, 0) is 39.0 Å². The second-order valence-electron chi connectivity index (χ2n) is 6.67. The first-order valence-electron chi connectivity index (χ1n) is 7.25. The number of alkyl halides is 6. The molecule has 3 nitrogen and oxygen atoms in total. The molecule has 0 radical (unpaired) electrons. The third kappa shape index (κ3) is 3.91. The summed E-state index contributed by atoms with van der Waals surface area (Å²) >= 11 is 6.15. The molecular formula is C15H15ClF6N2OS. The fourth-order valence-corrected chi connectivity index (χ4v) is 4.07. The smallest absolute Gasteiger partial charge is 0.363 e. The number of rotatable bonds is 1. The minimum absolute atomic E-state index is 0.218. The van der Waals surface area contributed by atoms with Crippen LogP contribution in [0, 0.1) is 0 Å². The Balaban J connectivity index is 2.54. The number of aliphatic hydroxyl groups is 1. The van der Waals surface area contributed by atoms with Gasteiger partial charge in [-0.2, -0.15) is 26.3 Å². The zero-order valence-electron chi connectivity index (χ0n) is 13.8. The average Bonchev–Trinajstić information content (AvgIpc) is 2.77. The number of hydrogen-bond acceptors (Lipinski definition) is 3. The van der Waals surface area contributed by atoms with Crippen molar-refractivity contribution < 1.29 is 31.4 Å². The Morgan fingerprint density at radius 3 is 2.19 bits per heavy atom. The van der Waals surface area contributed by atoms with Crippen molar-refractivity contribution in [3.63, 3.8) is 0 Å². The Hall–Kier alpha value is -1.13. The van der Waals surface area contributed by atoms with Gasteiger partial charge in [0.2, 0.25) is 5.72 Å². The lowest BCUT2D eigenvalue weighted by Crippen LogP contribution is -2.63. The fourth-order valence-electron chi connectivity index (χ4n) is 2.50. The van der Waals surface area contributed by atoms with Crippen molar-refractivity contribution in [1.82, 2.24) is 4.90 Å². The molecule has 2 rings (SSSR count). The maximum Gasteiger partial charge on any atom is 0.437 e. The Kier molecular flexibility index (Phi) is 5.28. The van der Waals surface area contributed by atoms with Crippen molar-refractivity contribution in [3.8, 4) is 0 Å². The fraction of sp³-hybridized carbons (Fsp3) is 0.533. The summed E-state index contributed by atoms with van der Waals surface area (Å²) < 4.78 is 79.0. The van der Waals surface area contributed by atoms with Gasteiger partial charge >= 0.3 is 12.4 Å². The zero-order chi connectivity index (χ0) is 20.1. The summed E-state index contributed by atoms with van der Waals surface area (Å²) in [4.78, 5) is 4.59. The molecule has 1 aliphatic heterocycles. The van der Waals surface area contributed by atoms with Crippen LogP contribution >= 0.6 is 23.4 Å². The van der Waals surface area contributed by atoms with E-state index in [2.05, 4.69) is 4.99 Å². The monoisotopic (exact) mass is 420 g/mol. The molecule has 0 aromatic heterocycles. The highest BCUT2D eigenvalue weighted by Gasteiger charge is 2.64. The van der Waals surface area contributed by atoms with Crippen LogP contribution < -0.4 is 0 Å². The maximum absolute atomic E-state index is 13.4. The van der Waals surface area contributed by atoms with Crippen LogP contribution in [0.25, 0.3) is 0 Å². The molecule has 1 saturated heterocycles. The Morgan fingerprint density at radius 1 is 1.15 bits per heavy atom. The molecule has 0 amide bonds. The van der Waals surface area contributed by atoms with Crippen LogP contribution in [0.5, 0.6) is 0 Å². The van der Waals surface area contributed by atoms with Gasteiger partial charge < -0.3 is 10.0 Å². The summed E-state index contributed by atoms with van der Waals surface area (Å²) in [6.07, 6.45) is -9.70. The number of halogens is 7. The van der Waals surface area contributed by atoms with Crippen LogP contribution in [0.4, 0.5) is 32.0 Å². The van der Waals surface area contributed by atoms with Crippen LogP contribution in [0.15, 0.2) is 23.2 Å². The number of hydrogen-bond donors (Lipinski definition) is 1. The Labute approximate surface area is 155 Å². The summed E-state index contributed by atoms with van der Waals surface area (Å²) in [6.45, 7) is 4.32. The first-order valence-corrected chi connectivity index (χ1v) is 8.61. The molecule has 146 valence electrons. The Bertz CT molecular complexity index is 728. The van der Waals surface area contributed by atoms with Crippen LogP contribution in [0.2, 0.25) is 5.02 Å². The Morgan fingerprint density at radius 2 is 1.73 bits per heavy atom. The molecular weight excluding hydrogens is 406 g/mol. The minimum Gasteiger partial charge on any atom is -0.363 e. The van der Waals surface area contributed by atoms with Gasteiger partial charge in [0.05, 0.1) is 22.0 Å². The van der Waals surface area contributed by atoms with E-state index in [4.69, 9.17) is 11.6 Å². The molecule has 0 spiro atoms. The predicted octanol–water partition coefficient (Wildman–Crippen LogP) is 5.44. The normalized spacial score (nSPS) is 23.8. The quantitative estimate of drug-likeness (QED) is 0.614. The topological polar surface area (TPSA) is 35.8 Å². The molecule has 1 aliphatic rings. The standard InChI is InChI=1S/C15H15ClF6N2OS/c1-12(2,3)24-11(26-7-13(24,25)15(20,21)22)23-8-4-5-10(16)9(6-8)14(17,18)19/h4-6,25H,7H2,1-3H3. The van der Waals surface area contributed by atoms with Gasteiger partial charge in [-0.25, -0.2) is 4.99 Å². The second-order valence-corrected chi connectivity index (χ2v) is 8.02. The first-order chi connectivity index (χ1) is 11.6. The average molecular weight is 421 g/mol. The predicted molar refractivity (Wildman–Crippen MR) is 88.6 cm³/mol. The summed E-state index contributed by atoms with van der Waals surface area (Å²) in [7, 11) is 0. The number of aliphatic imine (C=N–C) groups is 1. The van der Waals surface area contributed by atoms with Gasteiger partial charge in [0, 0.05) is 5.54 Å². The first kappa shape index (κ1) is 21.2. The molecule has 1 atom stereocenters. The third-order valence-electron chi connectivity index (χ3n) is 3.57. The van der Waals surface area contributed by atoms with Gasteiger partial charge in [0.15, 0.2) is 5.17 Å². The van der Waals surface area contributed by atoms with Crippen molar-refractivity contribution in [2.75, 3.05) is 5.75 Å². The van der Waals surface area contributed by atoms with Crippen LogP contribution in [-0.4, -0.2) is 38.4 Å². The summed E-state index contributed by atoms with van der Waals surface area (Å²) in [5, 5.41) is 9.43. The largest absolute Gasteiger partial charge is 0.437 e. The van der Waals surface area contributed by atoms with E-state index < -0.39 is 40.0 Å². The zero-order valence-corrected chi connectivity index (χ0v) is 15.4. The maximum atomic E-state index is 13.4. The number of nitrogens with zero attached hydrogens (tertiary/aromatic N) is 2. The number of amidine groups is 1. The van der Waals surface area contributed by atoms with Crippen LogP contribution in [0.1, 0.15) is 26.3 Å². The molecule has 26 heavy (non-hydrogen) atoms. The molecule has 1 heterocycles. The van der Waals surface area contributed by atoms with E-state index in [1.165, 1.54) is 20.8 Å². The van der Waals surface area contributed by atoms with Gasteiger partial charge in [0.25, 0.3) is 0 Å². The van der Waals surface area contributed by atoms with E-state index in [-0.39, 0.29) is 10.9 Å². The second kappa shape index (κ2) is 6.49. The van der Waals surface area contributed by atoms with Crippen LogP contribution in [-0.2, 0) is 6.18 Å². The van der Waals surface area contributed by atoms with Gasteiger partial charge in [-0.3, -0.25) is 0 Å². The molecule has 0 aliphatic carbocycles. The van der Waals surface area contributed by atoms with E-state index in [0.717, 1.165) is 12.1 Å². The number of thioether (sulfide) groups is 1. The van der Waals surface area contributed by atoms with Crippen molar-refractivity contribution >= 4 is 34.2 Å². The summed E-state index contributed by atoms with van der Waals surface area (Å²) in [5.41, 5.74) is -5.72. The van der Waals surface area contributed by atoms with E-state index in [0.29, 0.717) is 22.7 Å². The van der Waals surface area contributed by atoms with E-state index >= 15 is 0 Å². The molecule has 1 aromatic carbocycles. The lowest BCUT2D eigenvalue weighted by molar-refractivity contribution is -0.299. The SMILES string of the molecule is CC(C)(C)N1C(=Nc2ccc(Cl)c(C(F)(F)F)c2)SCC1(O)C(F)(F)F. The highest BCUT2D eigenvalue weighted by Crippen LogP contribution is 2.47. The van der Waals surface area contributed by atoms with E-state index in [1.54, 1.807) is 0 Å². The molecule has 1 aromatic rings. The van der Waals surface area contributed by atoms with Gasteiger partial charge in [0.1, 0.15) is 0 Å². The van der Waals surface area contributed by atoms with Crippen LogP contribution in [0.3, 0.4) is 0 Å². The van der Waals surface area contributed by atoms with Crippen molar-refractivity contribution in [2.45, 2.75) is 44.4 Å². The number of benzene rings is 1. The lowest BCUT2D eigenvalue weighted by Gasteiger charge is -2.43. The van der Waals surface area contributed by atoms with Gasteiger partial charge in [-0.15, -0.1) is 0 Å². The van der Waals surface area contributed by atoms with Crippen molar-refractivity contribution in [1.29, 1.82) is 0 Å². The summed E-state index contributed by atoms with van der Waals surface area (Å²) in [5.74, 6) is -0.744. The van der Waals surface area contributed by atoms with E-state index in [9.17, 15) is 31.4 Å². The van der Waals surface area contributed by atoms with E-state index in [1.807, 2.05) is 0 Å². The molecule has 1 fully saturated rings. The molecule has 1 unspecified atom stereocenters. The highest BCUT2D eigenvalue weighted by atomic mass is 35.5. The molecule has 1 N–H and O–H groups in total. The van der Waals surface area contributed by atoms with Crippen molar-refractivity contribution in [2.24, 2.45) is 4.99 Å². The minimum atomic E-state index is -4.97. The molecule has 11 heteroatoms. The third-order valence-corrected chi connectivity index (χ3v) is 4.98. The molecule has 0 bridgehead atoms. The summed E-state index contributed by atoms with van der Waals surface area (Å²) in [6, 6.07) is 2.79. The highest BCUT2D eigenvalue weighted by molar-refractivity contribution is 8.14. The van der Waals surface area contributed by atoms with Crippen molar-refractivity contribution in [3.05, 3.63) is 28.8 Å². The van der Waals surface area contributed by atoms with Gasteiger partial charge in [-0.1, -0.05) is 23.4 Å². The lowest BCUT2D eigenvalue weighted by atomic mass is 10.0.